The number of hydrogen-bond acceptors (Lipinski definition) is 6. The van der Waals surface area contributed by atoms with Gasteiger partial charge in [0, 0.05) is 28.7 Å². The van der Waals surface area contributed by atoms with Crippen molar-refractivity contribution in [1.82, 2.24) is 29.8 Å². The fraction of sp³-hybridized carbons (Fsp3) is 0.0455. The van der Waals surface area contributed by atoms with E-state index < -0.39 is 0 Å². The number of aromatic nitrogens is 6. The molecule has 0 bridgehead atoms. The largest absolute Gasteiger partial charge is 0.339 e. The topological polar surface area (TPSA) is 80.9 Å². The first-order valence-corrected chi connectivity index (χ1v) is 9.21. The minimum absolute atomic E-state index is 0.696. The molecule has 0 amide bonds. The van der Waals surface area contributed by atoms with E-state index in [-0.39, 0.29) is 0 Å². The van der Waals surface area contributed by atoms with Crippen LogP contribution in [0.4, 0.5) is 11.5 Å². The molecule has 7 heteroatoms. The molecule has 0 saturated carbocycles. The highest BCUT2D eigenvalue weighted by Gasteiger charge is 2.10. The van der Waals surface area contributed by atoms with Crippen molar-refractivity contribution in [3.05, 3.63) is 84.7 Å². The lowest BCUT2D eigenvalue weighted by Crippen LogP contribution is -2.00. The lowest BCUT2D eigenvalue weighted by Gasteiger charge is -2.07. The van der Waals surface area contributed by atoms with Gasteiger partial charge in [0.15, 0.2) is 23.1 Å². The van der Waals surface area contributed by atoms with Gasteiger partial charge in [0.25, 0.3) is 0 Å². The molecule has 0 fully saturated rings. The summed E-state index contributed by atoms with van der Waals surface area (Å²) in [5.74, 6) is 2.12. The van der Waals surface area contributed by atoms with Crippen molar-refractivity contribution in [2.24, 2.45) is 0 Å². The van der Waals surface area contributed by atoms with E-state index in [1.807, 2.05) is 79.7 Å². The zero-order chi connectivity index (χ0) is 19.6. The molecule has 0 spiro atoms. The summed E-state index contributed by atoms with van der Waals surface area (Å²) in [5, 5.41) is 16.5. The van der Waals surface area contributed by atoms with Gasteiger partial charge in [-0.05, 0) is 49.4 Å². The normalized spacial score (nSPS) is 10.9. The van der Waals surface area contributed by atoms with E-state index >= 15 is 0 Å². The van der Waals surface area contributed by atoms with E-state index in [0.29, 0.717) is 23.1 Å². The third kappa shape index (κ3) is 3.41. The van der Waals surface area contributed by atoms with Crippen LogP contribution in [0.2, 0.25) is 0 Å². The number of fused-ring (bicyclic) bond motifs is 1. The molecule has 3 aromatic heterocycles. The average molecular weight is 379 g/mol. The van der Waals surface area contributed by atoms with Gasteiger partial charge < -0.3 is 5.32 Å². The highest BCUT2D eigenvalue weighted by Crippen LogP contribution is 2.22. The second-order valence-electron chi connectivity index (χ2n) is 6.60. The quantitative estimate of drug-likeness (QED) is 0.501. The Hall–Kier alpha value is -4.13. The molecule has 0 aliphatic heterocycles. The maximum Gasteiger partial charge on any atom is 0.185 e. The Balaban J connectivity index is 1.43. The number of nitrogens with zero attached hydrogens (tertiary/aromatic N) is 6. The van der Waals surface area contributed by atoms with Crippen LogP contribution < -0.4 is 5.32 Å². The summed E-state index contributed by atoms with van der Waals surface area (Å²) in [6.07, 6.45) is 1.77. The molecule has 0 atom stereocenters. The fourth-order valence-corrected chi connectivity index (χ4v) is 3.06. The summed E-state index contributed by atoms with van der Waals surface area (Å²) in [6.45, 7) is 1.96. The van der Waals surface area contributed by atoms with Gasteiger partial charge in [-0.3, -0.25) is 0 Å². The van der Waals surface area contributed by atoms with Crippen LogP contribution in [-0.2, 0) is 0 Å². The van der Waals surface area contributed by atoms with Crippen molar-refractivity contribution in [3.8, 4) is 22.8 Å². The van der Waals surface area contributed by atoms with Crippen molar-refractivity contribution < 1.29 is 0 Å². The molecule has 0 saturated heterocycles. The molecule has 5 rings (SSSR count). The van der Waals surface area contributed by atoms with Crippen molar-refractivity contribution >= 4 is 17.2 Å². The summed E-state index contributed by atoms with van der Waals surface area (Å²) >= 11 is 0. The van der Waals surface area contributed by atoms with Crippen molar-refractivity contribution in [2.75, 3.05) is 5.32 Å². The Kier molecular flexibility index (Phi) is 4.18. The lowest BCUT2D eigenvalue weighted by atomic mass is 10.2. The number of aryl methyl sites for hydroxylation is 1. The molecule has 0 aliphatic carbocycles. The predicted molar refractivity (Wildman–Crippen MR) is 112 cm³/mol. The highest BCUT2D eigenvalue weighted by molar-refractivity contribution is 5.64. The van der Waals surface area contributed by atoms with E-state index in [1.54, 1.807) is 10.7 Å². The van der Waals surface area contributed by atoms with Gasteiger partial charge in [0.1, 0.15) is 0 Å². The van der Waals surface area contributed by atoms with Crippen LogP contribution in [0.5, 0.6) is 0 Å². The Labute approximate surface area is 167 Å². The van der Waals surface area contributed by atoms with E-state index in [4.69, 9.17) is 0 Å². The van der Waals surface area contributed by atoms with Crippen LogP contribution in [0.25, 0.3) is 28.4 Å². The van der Waals surface area contributed by atoms with Crippen molar-refractivity contribution in [3.63, 3.8) is 0 Å². The van der Waals surface area contributed by atoms with Gasteiger partial charge in [-0.2, -0.15) is 4.52 Å². The molecule has 0 unspecified atom stereocenters. The Bertz CT molecular complexity index is 1280. The summed E-state index contributed by atoms with van der Waals surface area (Å²) in [4.78, 5) is 8.79. The van der Waals surface area contributed by atoms with Crippen LogP contribution in [0.3, 0.4) is 0 Å². The molecule has 0 aliphatic rings. The smallest absolute Gasteiger partial charge is 0.185 e. The zero-order valence-corrected chi connectivity index (χ0v) is 15.7. The molecule has 1 N–H and O–H groups in total. The second-order valence-corrected chi connectivity index (χ2v) is 6.60. The zero-order valence-electron chi connectivity index (χ0n) is 15.7. The van der Waals surface area contributed by atoms with E-state index in [0.717, 1.165) is 22.5 Å². The monoisotopic (exact) mass is 379 g/mol. The van der Waals surface area contributed by atoms with E-state index in [2.05, 4.69) is 30.6 Å². The average Bonchev–Trinajstić information content (AvgIpc) is 3.18. The second kappa shape index (κ2) is 7.12. The molecule has 2 aromatic carbocycles. The van der Waals surface area contributed by atoms with Crippen molar-refractivity contribution in [1.29, 1.82) is 0 Å². The first-order chi connectivity index (χ1) is 14.3. The third-order valence-corrected chi connectivity index (χ3v) is 4.51. The first-order valence-electron chi connectivity index (χ1n) is 9.21. The van der Waals surface area contributed by atoms with Crippen molar-refractivity contribution in [2.45, 2.75) is 6.92 Å². The predicted octanol–water partition coefficient (Wildman–Crippen LogP) is 4.30. The summed E-state index contributed by atoms with van der Waals surface area (Å²) in [5.41, 5.74) is 4.49. The minimum Gasteiger partial charge on any atom is -0.339 e. The minimum atomic E-state index is 0.696. The van der Waals surface area contributed by atoms with Gasteiger partial charge in [0.2, 0.25) is 0 Å². The third-order valence-electron chi connectivity index (χ3n) is 4.51. The van der Waals surface area contributed by atoms with Gasteiger partial charge in [-0.25, -0.2) is 9.97 Å². The van der Waals surface area contributed by atoms with Crippen LogP contribution in [0.1, 0.15) is 5.69 Å². The first kappa shape index (κ1) is 17.0. The van der Waals surface area contributed by atoms with Crippen LogP contribution in [-0.4, -0.2) is 29.8 Å². The molecule has 29 heavy (non-hydrogen) atoms. The number of benzene rings is 2. The molecular weight excluding hydrogens is 362 g/mol. The van der Waals surface area contributed by atoms with Gasteiger partial charge in [-0.1, -0.05) is 30.3 Å². The van der Waals surface area contributed by atoms with Gasteiger partial charge in [-0.15, -0.1) is 15.3 Å². The molecule has 0 radical (unpaired) electrons. The Morgan fingerprint density at radius 3 is 2.41 bits per heavy atom. The lowest BCUT2D eigenvalue weighted by molar-refractivity contribution is 0.941. The number of rotatable bonds is 4. The fourth-order valence-electron chi connectivity index (χ4n) is 3.06. The molecule has 5 aromatic rings. The molecular formula is C22H17N7. The van der Waals surface area contributed by atoms with E-state index in [9.17, 15) is 0 Å². The van der Waals surface area contributed by atoms with Gasteiger partial charge in [0.05, 0.1) is 0 Å². The summed E-state index contributed by atoms with van der Waals surface area (Å²) in [7, 11) is 0. The molecule has 7 nitrogen and oxygen atoms in total. The summed E-state index contributed by atoms with van der Waals surface area (Å²) < 4.78 is 1.74. The number of hydrogen-bond donors (Lipinski definition) is 1. The van der Waals surface area contributed by atoms with E-state index in [1.165, 1.54) is 0 Å². The van der Waals surface area contributed by atoms with Crippen LogP contribution in [0.15, 0.2) is 79.0 Å². The summed E-state index contributed by atoms with van der Waals surface area (Å²) in [6, 6.07) is 23.5. The maximum atomic E-state index is 4.65. The van der Waals surface area contributed by atoms with Crippen LogP contribution >= 0.6 is 0 Å². The SMILES string of the molecule is Cc1ccnc(-c2ccc(Nc3ccc4nnc(-c5ccccc5)n4n3)cc2)n1. The Morgan fingerprint density at radius 1 is 0.793 bits per heavy atom. The van der Waals surface area contributed by atoms with Gasteiger partial charge >= 0.3 is 0 Å². The number of nitrogens with one attached hydrogen (secondary N) is 1. The highest BCUT2D eigenvalue weighted by atomic mass is 15.4. The number of anilines is 2. The molecule has 140 valence electrons. The maximum absolute atomic E-state index is 4.65. The Morgan fingerprint density at radius 2 is 1.62 bits per heavy atom. The molecule has 3 heterocycles. The van der Waals surface area contributed by atoms with Crippen LogP contribution in [0, 0.1) is 6.92 Å². The standard InChI is InChI=1S/C22H17N7/c1-15-13-14-23-21(24-15)16-7-9-18(10-8-16)25-19-11-12-20-26-27-22(29(20)28-19)17-5-3-2-4-6-17/h2-14H,1H3,(H,25,28).